The molecule has 3 aromatic heterocycles. The summed E-state index contributed by atoms with van der Waals surface area (Å²) < 4.78 is 4.67. The SMILES string of the molecule is C=C=C(c1cc(CC)c2c(c1)nc(-c1cc3cccnc3n1CC1CC1)n2C)N1C[C@@H]2C[C@@H](N)[C@H]1C2C. The Morgan fingerprint density at radius 2 is 2.08 bits per heavy atom. The molecule has 1 saturated heterocycles. The van der Waals surface area contributed by atoms with Crippen LogP contribution in [0, 0.1) is 17.8 Å². The number of likely N-dealkylation sites (tertiary alicyclic amines) is 1. The van der Waals surface area contributed by atoms with Crippen LogP contribution in [0.5, 0.6) is 0 Å². The van der Waals surface area contributed by atoms with Crippen LogP contribution in [0.1, 0.15) is 44.2 Å². The van der Waals surface area contributed by atoms with E-state index in [1.54, 1.807) is 0 Å². The van der Waals surface area contributed by atoms with Gasteiger partial charge in [0.15, 0.2) is 5.82 Å². The maximum Gasteiger partial charge on any atom is 0.157 e. The summed E-state index contributed by atoms with van der Waals surface area (Å²) in [6.45, 7) is 10.7. The smallest absolute Gasteiger partial charge is 0.157 e. The van der Waals surface area contributed by atoms with Gasteiger partial charge in [0.05, 0.1) is 22.4 Å². The quantitative estimate of drug-likeness (QED) is 0.368. The van der Waals surface area contributed by atoms with Crippen molar-refractivity contribution in [1.82, 2.24) is 24.0 Å². The van der Waals surface area contributed by atoms with Gasteiger partial charge in [-0.2, -0.15) is 0 Å². The van der Waals surface area contributed by atoms with Gasteiger partial charge < -0.3 is 19.8 Å². The lowest BCUT2D eigenvalue weighted by Gasteiger charge is -2.34. The van der Waals surface area contributed by atoms with E-state index >= 15 is 0 Å². The molecule has 2 N–H and O–H groups in total. The molecule has 1 aromatic carbocycles. The maximum absolute atomic E-state index is 6.56. The molecule has 4 aromatic rings. The number of aryl methyl sites for hydroxylation is 2. The Morgan fingerprint density at radius 3 is 2.78 bits per heavy atom. The van der Waals surface area contributed by atoms with Crippen molar-refractivity contribution in [2.24, 2.45) is 30.5 Å². The Hall–Kier alpha value is -3.34. The summed E-state index contributed by atoms with van der Waals surface area (Å²) in [5.74, 6) is 3.01. The Morgan fingerprint density at radius 1 is 1.24 bits per heavy atom. The summed E-state index contributed by atoms with van der Waals surface area (Å²) in [5, 5.41) is 1.17. The van der Waals surface area contributed by atoms with Crippen molar-refractivity contribution in [3.05, 3.63) is 60.0 Å². The van der Waals surface area contributed by atoms with Crippen molar-refractivity contribution in [3.63, 3.8) is 0 Å². The molecular weight excluding hydrogens is 456 g/mol. The largest absolute Gasteiger partial charge is 0.360 e. The van der Waals surface area contributed by atoms with Gasteiger partial charge in [0.2, 0.25) is 0 Å². The van der Waals surface area contributed by atoms with Crippen molar-refractivity contribution in [2.45, 2.75) is 58.2 Å². The van der Waals surface area contributed by atoms with Crippen LogP contribution in [0.4, 0.5) is 0 Å². The first-order valence-corrected chi connectivity index (χ1v) is 13.8. The molecule has 37 heavy (non-hydrogen) atoms. The minimum absolute atomic E-state index is 0.218. The molecule has 2 bridgehead atoms. The first kappa shape index (κ1) is 22.8. The Bertz CT molecular complexity index is 1580. The summed E-state index contributed by atoms with van der Waals surface area (Å²) in [7, 11) is 2.15. The fourth-order valence-corrected chi connectivity index (χ4v) is 7.21. The fraction of sp³-hybridized carbons (Fsp3) is 0.452. The maximum atomic E-state index is 6.56. The number of fused-ring (bicyclic) bond motifs is 4. The van der Waals surface area contributed by atoms with E-state index in [0.717, 1.165) is 65.8 Å². The van der Waals surface area contributed by atoms with Gasteiger partial charge in [-0.15, -0.1) is 5.73 Å². The van der Waals surface area contributed by atoms with Gasteiger partial charge in [-0.1, -0.05) is 20.4 Å². The average Bonchev–Trinajstić information content (AvgIpc) is 3.35. The minimum Gasteiger partial charge on any atom is -0.360 e. The fourth-order valence-electron chi connectivity index (χ4n) is 7.21. The number of benzene rings is 1. The summed E-state index contributed by atoms with van der Waals surface area (Å²) >= 11 is 0. The highest BCUT2D eigenvalue weighted by atomic mass is 15.2. The lowest BCUT2D eigenvalue weighted by molar-refractivity contribution is 0.274. The zero-order chi connectivity index (χ0) is 25.4. The van der Waals surface area contributed by atoms with E-state index in [9.17, 15) is 0 Å². The van der Waals surface area contributed by atoms with E-state index in [-0.39, 0.29) is 6.04 Å². The van der Waals surface area contributed by atoms with Crippen LogP contribution >= 0.6 is 0 Å². The number of nitrogens with two attached hydrogens (primary N) is 1. The van der Waals surface area contributed by atoms with Gasteiger partial charge in [0, 0.05) is 49.4 Å². The van der Waals surface area contributed by atoms with Crippen molar-refractivity contribution in [3.8, 4) is 11.5 Å². The third kappa shape index (κ3) is 3.43. The highest BCUT2D eigenvalue weighted by molar-refractivity contribution is 5.89. The first-order chi connectivity index (χ1) is 18.0. The first-order valence-electron chi connectivity index (χ1n) is 13.8. The van der Waals surface area contributed by atoms with E-state index in [1.165, 1.54) is 29.3 Å². The van der Waals surface area contributed by atoms with Crippen LogP contribution in [0.3, 0.4) is 0 Å². The molecule has 4 heterocycles. The van der Waals surface area contributed by atoms with E-state index < -0.39 is 0 Å². The summed E-state index contributed by atoms with van der Waals surface area (Å²) in [6.07, 6.45) is 6.55. The average molecular weight is 493 g/mol. The molecule has 4 atom stereocenters. The second-order valence-electron chi connectivity index (χ2n) is 11.5. The molecule has 7 rings (SSSR count). The second-order valence-corrected chi connectivity index (χ2v) is 11.5. The monoisotopic (exact) mass is 492 g/mol. The highest BCUT2D eigenvalue weighted by Crippen LogP contribution is 2.45. The predicted molar refractivity (Wildman–Crippen MR) is 150 cm³/mol. The number of pyridine rings is 1. The van der Waals surface area contributed by atoms with E-state index in [2.05, 4.69) is 71.5 Å². The lowest BCUT2D eigenvalue weighted by Crippen LogP contribution is -2.45. The predicted octanol–water partition coefficient (Wildman–Crippen LogP) is 5.36. The molecule has 6 nitrogen and oxygen atoms in total. The summed E-state index contributed by atoms with van der Waals surface area (Å²) in [5.41, 5.74) is 17.8. The molecule has 1 unspecified atom stereocenters. The van der Waals surface area contributed by atoms with Crippen LogP contribution in [-0.2, 0) is 20.0 Å². The standard InChI is InChI=1S/C31H36N6/c1-5-20-12-22(26(6-2)36-17-23-13-24(32)28(36)18(23)3)14-25-29(20)35(4)31(34-25)27-15-21-8-7-11-33-30(21)37(27)16-19-9-10-19/h7-8,11-12,14-15,18-19,23-24,28H,2,5,9-10,13,16-17,32H2,1,3-4H3/t18?,23-,24+,28+/m0/s1. The van der Waals surface area contributed by atoms with E-state index in [1.807, 2.05) is 12.3 Å². The molecule has 0 spiro atoms. The molecule has 2 saturated carbocycles. The highest BCUT2D eigenvalue weighted by Gasteiger charge is 2.49. The summed E-state index contributed by atoms with van der Waals surface area (Å²) in [6, 6.07) is 11.6. The zero-order valence-electron chi connectivity index (χ0n) is 22.1. The summed E-state index contributed by atoms with van der Waals surface area (Å²) in [4.78, 5) is 12.5. The Labute approximate surface area is 218 Å². The van der Waals surface area contributed by atoms with Gasteiger partial charge >= 0.3 is 0 Å². The Kier molecular flexibility index (Phi) is 5.14. The second kappa shape index (κ2) is 8.34. The molecule has 3 aliphatic rings. The third-order valence-corrected chi connectivity index (χ3v) is 9.27. The molecule has 0 radical (unpaired) electrons. The van der Waals surface area contributed by atoms with Gasteiger partial charge in [-0.3, -0.25) is 0 Å². The van der Waals surface area contributed by atoms with Crippen molar-refractivity contribution >= 4 is 27.8 Å². The van der Waals surface area contributed by atoms with Gasteiger partial charge in [-0.25, -0.2) is 9.97 Å². The Balaban J connectivity index is 1.37. The van der Waals surface area contributed by atoms with E-state index in [4.69, 9.17) is 15.7 Å². The molecule has 2 aliphatic carbocycles. The topological polar surface area (TPSA) is 64.9 Å². The molecule has 3 fully saturated rings. The molecule has 6 heteroatoms. The molecular formula is C31H36N6. The minimum atomic E-state index is 0.218. The molecule has 1 aliphatic heterocycles. The molecule has 0 amide bonds. The molecule has 190 valence electrons. The van der Waals surface area contributed by atoms with Crippen LogP contribution in [0.2, 0.25) is 0 Å². The number of hydrogen-bond donors (Lipinski definition) is 1. The van der Waals surface area contributed by atoms with Crippen LogP contribution in [0.15, 0.2) is 48.8 Å². The number of aromatic nitrogens is 4. The van der Waals surface area contributed by atoms with E-state index in [0.29, 0.717) is 17.9 Å². The number of hydrogen-bond acceptors (Lipinski definition) is 4. The zero-order valence-corrected chi connectivity index (χ0v) is 22.1. The number of rotatable bonds is 6. The lowest BCUT2D eigenvalue weighted by atomic mass is 10.0. The third-order valence-electron chi connectivity index (χ3n) is 9.27. The van der Waals surface area contributed by atoms with Gasteiger partial charge in [-0.05, 0) is 79.3 Å². The van der Waals surface area contributed by atoms with Crippen LogP contribution in [0.25, 0.3) is 39.3 Å². The van der Waals surface area contributed by atoms with Gasteiger partial charge in [0.1, 0.15) is 5.65 Å². The number of nitrogens with zero attached hydrogens (tertiary/aromatic N) is 5. The number of piperidine rings is 1. The van der Waals surface area contributed by atoms with Crippen molar-refractivity contribution in [2.75, 3.05) is 6.54 Å². The van der Waals surface area contributed by atoms with Gasteiger partial charge in [0.25, 0.3) is 0 Å². The number of imidazole rings is 1. The van der Waals surface area contributed by atoms with Crippen LogP contribution in [-0.4, -0.2) is 42.6 Å². The van der Waals surface area contributed by atoms with Crippen molar-refractivity contribution < 1.29 is 0 Å². The normalized spacial score (nSPS) is 24.9. The van der Waals surface area contributed by atoms with Crippen LogP contribution < -0.4 is 5.73 Å². The van der Waals surface area contributed by atoms with Crippen molar-refractivity contribution in [1.29, 1.82) is 0 Å².